The average Bonchev–Trinajstić information content (AvgIpc) is 2.27. The molecule has 0 saturated heterocycles. The molecule has 0 radical (unpaired) electrons. The molecule has 0 aliphatic rings. The summed E-state index contributed by atoms with van der Waals surface area (Å²) in [7, 11) is 4.00. The van der Waals surface area contributed by atoms with Gasteiger partial charge in [-0.05, 0) is 30.7 Å². The van der Waals surface area contributed by atoms with Crippen LogP contribution in [0.25, 0.3) is 6.08 Å². The normalized spacial score (nSPS) is 10.4. The van der Waals surface area contributed by atoms with Crippen LogP contribution in [0.5, 0.6) is 0 Å². The van der Waals surface area contributed by atoms with Crippen LogP contribution in [-0.2, 0) is 4.79 Å². The molecule has 0 aliphatic carbocycles. The summed E-state index contributed by atoms with van der Waals surface area (Å²) in [4.78, 5) is 13.2. The molecule has 0 saturated carbocycles. The Labute approximate surface area is 96.8 Å². The quantitative estimate of drug-likeness (QED) is 0.783. The first-order valence-electron chi connectivity index (χ1n) is 5.36. The van der Waals surface area contributed by atoms with E-state index in [0.717, 1.165) is 11.3 Å². The van der Waals surface area contributed by atoms with Crippen LogP contribution in [0.4, 0.5) is 5.69 Å². The van der Waals surface area contributed by atoms with Gasteiger partial charge in [-0.1, -0.05) is 12.1 Å². The largest absolute Gasteiger partial charge is 0.378 e. The highest BCUT2D eigenvalue weighted by Gasteiger charge is 1.94. The molecule has 0 aliphatic heterocycles. The minimum atomic E-state index is -0.0563. The molecule has 3 nitrogen and oxygen atoms in total. The molecular weight excluding hydrogens is 200 g/mol. The van der Waals surface area contributed by atoms with Crippen molar-refractivity contribution in [3.63, 3.8) is 0 Å². The number of anilines is 1. The summed E-state index contributed by atoms with van der Waals surface area (Å²) < 4.78 is 0. The summed E-state index contributed by atoms with van der Waals surface area (Å²) in [6, 6.07) is 8.03. The Bertz CT molecular complexity index is 366. The van der Waals surface area contributed by atoms with E-state index in [0.29, 0.717) is 6.54 Å². The highest BCUT2D eigenvalue weighted by atomic mass is 16.1. The lowest BCUT2D eigenvalue weighted by molar-refractivity contribution is -0.116. The first kappa shape index (κ1) is 12.3. The van der Waals surface area contributed by atoms with Crippen LogP contribution in [0.2, 0.25) is 0 Å². The monoisotopic (exact) mass is 218 g/mol. The molecule has 0 spiro atoms. The predicted molar refractivity (Wildman–Crippen MR) is 68.5 cm³/mol. The number of nitrogens with zero attached hydrogens (tertiary/aromatic N) is 1. The number of likely N-dealkylation sites (N-methyl/N-ethyl adjacent to an activating group) is 1. The number of nitrogens with one attached hydrogen (secondary N) is 1. The fourth-order valence-corrected chi connectivity index (χ4v) is 1.29. The third-order valence-corrected chi connectivity index (χ3v) is 2.19. The van der Waals surface area contributed by atoms with Crippen molar-refractivity contribution in [3.05, 3.63) is 35.9 Å². The molecule has 1 aromatic rings. The number of rotatable bonds is 4. The summed E-state index contributed by atoms with van der Waals surface area (Å²) in [5.74, 6) is -0.0563. The van der Waals surface area contributed by atoms with Gasteiger partial charge in [0.15, 0.2) is 0 Å². The standard InChI is InChI=1S/C13H18N2O/c1-4-14-13(16)10-7-11-5-8-12(9-6-11)15(2)3/h5-10H,4H2,1-3H3,(H,14,16)/b10-7+. The number of hydrogen-bond donors (Lipinski definition) is 1. The summed E-state index contributed by atoms with van der Waals surface area (Å²) >= 11 is 0. The summed E-state index contributed by atoms with van der Waals surface area (Å²) in [6.45, 7) is 2.56. The van der Waals surface area contributed by atoms with Crippen molar-refractivity contribution in [1.29, 1.82) is 0 Å². The number of carbonyl (C=O) groups excluding carboxylic acids is 1. The average molecular weight is 218 g/mol. The van der Waals surface area contributed by atoms with Gasteiger partial charge in [0.1, 0.15) is 0 Å². The molecule has 1 rings (SSSR count). The van der Waals surface area contributed by atoms with E-state index in [9.17, 15) is 4.79 Å². The van der Waals surface area contributed by atoms with Crippen LogP contribution >= 0.6 is 0 Å². The maximum atomic E-state index is 11.2. The fraction of sp³-hybridized carbons (Fsp3) is 0.308. The zero-order valence-electron chi connectivity index (χ0n) is 10.0. The molecule has 0 fully saturated rings. The molecule has 1 amide bonds. The van der Waals surface area contributed by atoms with E-state index in [2.05, 4.69) is 5.32 Å². The van der Waals surface area contributed by atoms with E-state index in [1.54, 1.807) is 6.08 Å². The molecule has 3 heteroatoms. The molecule has 86 valence electrons. The van der Waals surface area contributed by atoms with Crippen LogP contribution in [-0.4, -0.2) is 26.5 Å². The van der Waals surface area contributed by atoms with E-state index in [1.165, 1.54) is 0 Å². The Hall–Kier alpha value is -1.77. The fourth-order valence-electron chi connectivity index (χ4n) is 1.29. The Kier molecular flexibility index (Phi) is 4.58. The molecule has 1 N–H and O–H groups in total. The van der Waals surface area contributed by atoms with Crippen LogP contribution in [0.3, 0.4) is 0 Å². The third kappa shape index (κ3) is 3.77. The van der Waals surface area contributed by atoms with Crippen LogP contribution < -0.4 is 10.2 Å². The van der Waals surface area contributed by atoms with Gasteiger partial charge in [-0.25, -0.2) is 0 Å². The molecular formula is C13H18N2O. The SMILES string of the molecule is CCNC(=O)/C=C/c1ccc(N(C)C)cc1. The molecule has 0 heterocycles. The zero-order chi connectivity index (χ0) is 12.0. The van der Waals surface area contributed by atoms with E-state index in [-0.39, 0.29) is 5.91 Å². The summed E-state index contributed by atoms with van der Waals surface area (Å²) in [6.07, 6.45) is 3.36. The minimum absolute atomic E-state index is 0.0563. The second kappa shape index (κ2) is 5.95. The van der Waals surface area contributed by atoms with Gasteiger partial charge in [0, 0.05) is 32.4 Å². The van der Waals surface area contributed by atoms with E-state index >= 15 is 0 Å². The Morgan fingerprint density at radius 1 is 1.31 bits per heavy atom. The maximum absolute atomic E-state index is 11.2. The van der Waals surface area contributed by atoms with Gasteiger partial charge in [0.25, 0.3) is 0 Å². The lowest BCUT2D eigenvalue weighted by Gasteiger charge is -2.11. The van der Waals surface area contributed by atoms with Crippen LogP contribution in [0, 0.1) is 0 Å². The lowest BCUT2D eigenvalue weighted by Crippen LogP contribution is -2.19. The molecule has 0 unspecified atom stereocenters. The van der Waals surface area contributed by atoms with E-state index in [1.807, 2.05) is 56.3 Å². The summed E-state index contributed by atoms with van der Waals surface area (Å²) in [5.41, 5.74) is 2.17. The molecule has 0 bridgehead atoms. The Morgan fingerprint density at radius 2 is 1.94 bits per heavy atom. The van der Waals surface area contributed by atoms with Gasteiger partial charge in [-0.3, -0.25) is 4.79 Å². The molecule has 1 aromatic carbocycles. The van der Waals surface area contributed by atoms with Crippen molar-refractivity contribution < 1.29 is 4.79 Å². The van der Waals surface area contributed by atoms with E-state index < -0.39 is 0 Å². The van der Waals surface area contributed by atoms with Gasteiger partial charge in [-0.2, -0.15) is 0 Å². The van der Waals surface area contributed by atoms with E-state index in [4.69, 9.17) is 0 Å². The van der Waals surface area contributed by atoms with Crippen LogP contribution in [0.1, 0.15) is 12.5 Å². The van der Waals surface area contributed by atoms with Gasteiger partial charge in [0.2, 0.25) is 5.91 Å². The van der Waals surface area contributed by atoms with Crippen molar-refractivity contribution in [1.82, 2.24) is 5.32 Å². The number of hydrogen-bond acceptors (Lipinski definition) is 2. The highest BCUT2D eigenvalue weighted by Crippen LogP contribution is 2.12. The van der Waals surface area contributed by atoms with Crippen molar-refractivity contribution in [2.24, 2.45) is 0 Å². The first-order chi connectivity index (χ1) is 7.63. The second-order valence-electron chi connectivity index (χ2n) is 3.71. The smallest absolute Gasteiger partial charge is 0.243 e. The van der Waals surface area contributed by atoms with Crippen molar-refractivity contribution >= 4 is 17.7 Å². The maximum Gasteiger partial charge on any atom is 0.243 e. The first-order valence-corrected chi connectivity index (χ1v) is 5.36. The Morgan fingerprint density at radius 3 is 2.44 bits per heavy atom. The highest BCUT2D eigenvalue weighted by molar-refractivity contribution is 5.91. The third-order valence-electron chi connectivity index (χ3n) is 2.19. The van der Waals surface area contributed by atoms with Gasteiger partial charge in [-0.15, -0.1) is 0 Å². The number of carbonyl (C=O) groups is 1. The molecule has 0 aromatic heterocycles. The molecule has 0 atom stereocenters. The van der Waals surface area contributed by atoms with Crippen molar-refractivity contribution in [2.45, 2.75) is 6.92 Å². The van der Waals surface area contributed by atoms with Crippen molar-refractivity contribution in [3.8, 4) is 0 Å². The Balaban J connectivity index is 2.65. The van der Waals surface area contributed by atoms with Gasteiger partial charge in [0.05, 0.1) is 0 Å². The lowest BCUT2D eigenvalue weighted by atomic mass is 10.2. The van der Waals surface area contributed by atoms with Gasteiger partial charge < -0.3 is 10.2 Å². The predicted octanol–water partition coefficient (Wildman–Crippen LogP) is 1.90. The van der Waals surface area contributed by atoms with Gasteiger partial charge >= 0.3 is 0 Å². The summed E-state index contributed by atoms with van der Waals surface area (Å²) in [5, 5.41) is 2.71. The zero-order valence-corrected chi connectivity index (χ0v) is 10.0. The minimum Gasteiger partial charge on any atom is -0.378 e. The number of amides is 1. The van der Waals surface area contributed by atoms with Crippen LogP contribution in [0.15, 0.2) is 30.3 Å². The second-order valence-corrected chi connectivity index (χ2v) is 3.71. The molecule has 16 heavy (non-hydrogen) atoms. The number of benzene rings is 1. The van der Waals surface area contributed by atoms with Crippen molar-refractivity contribution in [2.75, 3.05) is 25.5 Å². The topological polar surface area (TPSA) is 32.3 Å².